The minimum Gasteiger partial charge on any atom is -0.311 e. The first kappa shape index (κ1) is 13.3. The minimum atomic E-state index is 0.816. The van der Waals surface area contributed by atoms with Gasteiger partial charge in [0.15, 0.2) is 0 Å². The molecule has 0 fully saturated rings. The third-order valence-electron chi connectivity index (χ3n) is 3.83. The molecule has 2 heterocycles. The third kappa shape index (κ3) is 2.73. The zero-order valence-electron chi connectivity index (χ0n) is 12.5. The smallest absolute Gasteiger partial charge is 0.133 e. The van der Waals surface area contributed by atoms with Crippen molar-refractivity contribution in [1.82, 2.24) is 15.3 Å². The summed E-state index contributed by atoms with van der Waals surface area (Å²) < 4.78 is 0. The molecule has 1 aromatic carbocycles. The summed E-state index contributed by atoms with van der Waals surface area (Å²) in [6.45, 7) is 8.29. The highest BCUT2D eigenvalue weighted by Gasteiger charge is 2.15. The number of fused-ring (bicyclic) bond motifs is 1. The monoisotopic (exact) mass is 267 g/mol. The molecule has 0 spiro atoms. The van der Waals surface area contributed by atoms with Crippen LogP contribution in [-0.4, -0.2) is 16.5 Å². The average molecular weight is 267 g/mol. The van der Waals surface area contributed by atoms with E-state index in [2.05, 4.69) is 44.3 Å². The summed E-state index contributed by atoms with van der Waals surface area (Å²) in [5.74, 6) is 0.940. The Hall–Kier alpha value is -1.74. The molecule has 1 N–H and O–H groups in total. The predicted molar refractivity (Wildman–Crippen MR) is 80.9 cm³/mol. The molecule has 3 nitrogen and oxygen atoms in total. The van der Waals surface area contributed by atoms with Gasteiger partial charge in [-0.1, -0.05) is 29.3 Å². The highest BCUT2D eigenvalue weighted by molar-refractivity contribution is 5.32. The number of aryl methyl sites for hydroxylation is 3. The van der Waals surface area contributed by atoms with E-state index < -0.39 is 0 Å². The summed E-state index contributed by atoms with van der Waals surface area (Å²) in [7, 11) is 0. The van der Waals surface area contributed by atoms with Gasteiger partial charge in [-0.3, -0.25) is 0 Å². The molecule has 0 saturated heterocycles. The predicted octanol–water partition coefficient (Wildman–Crippen LogP) is 2.64. The van der Waals surface area contributed by atoms with Crippen molar-refractivity contribution in [2.75, 3.05) is 6.54 Å². The number of nitrogens with one attached hydrogen (secondary N) is 1. The lowest BCUT2D eigenvalue weighted by molar-refractivity contribution is 0.613. The molecular weight excluding hydrogens is 246 g/mol. The fraction of sp³-hybridized carbons (Fsp3) is 0.412. The van der Waals surface area contributed by atoms with Crippen molar-refractivity contribution >= 4 is 0 Å². The first-order valence-corrected chi connectivity index (χ1v) is 7.25. The van der Waals surface area contributed by atoms with Crippen LogP contribution in [0.25, 0.3) is 0 Å². The molecule has 0 bridgehead atoms. The second-order valence-electron chi connectivity index (χ2n) is 5.75. The average Bonchev–Trinajstić information content (AvgIpc) is 2.37. The van der Waals surface area contributed by atoms with Gasteiger partial charge in [-0.15, -0.1) is 0 Å². The molecule has 3 rings (SSSR count). The zero-order chi connectivity index (χ0) is 14.1. The summed E-state index contributed by atoms with van der Waals surface area (Å²) >= 11 is 0. The molecule has 1 aromatic heterocycles. The third-order valence-corrected chi connectivity index (χ3v) is 3.83. The summed E-state index contributed by atoms with van der Waals surface area (Å²) in [6, 6.07) is 6.65. The first-order valence-electron chi connectivity index (χ1n) is 7.25. The lowest BCUT2D eigenvalue weighted by atomic mass is 10.0. The van der Waals surface area contributed by atoms with Crippen molar-refractivity contribution in [2.45, 2.75) is 40.2 Å². The Morgan fingerprint density at radius 3 is 2.55 bits per heavy atom. The lowest BCUT2D eigenvalue weighted by Crippen LogP contribution is -2.26. The number of hydrogen-bond acceptors (Lipinski definition) is 3. The Labute approximate surface area is 120 Å². The van der Waals surface area contributed by atoms with Crippen LogP contribution in [0.15, 0.2) is 18.2 Å². The van der Waals surface area contributed by atoms with Crippen molar-refractivity contribution in [2.24, 2.45) is 0 Å². The highest BCUT2D eigenvalue weighted by atomic mass is 15.0. The van der Waals surface area contributed by atoms with Crippen molar-refractivity contribution in [1.29, 1.82) is 0 Å². The molecule has 20 heavy (non-hydrogen) atoms. The van der Waals surface area contributed by atoms with Crippen LogP contribution in [-0.2, 0) is 19.4 Å². The van der Waals surface area contributed by atoms with Crippen LogP contribution >= 0.6 is 0 Å². The van der Waals surface area contributed by atoms with Gasteiger partial charge in [0.05, 0.1) is 5.69 Å². The maximum Gasteiger partial charge on any atom is 0.133 e. The van der Waals surface area contributed by atoms with Gasteiger partial charge in [-0.05, 0) is 44.9 Å². The molecule has 0 atom stereocenters. The fourth-order valence-electron chi connectivity index (χ4n) is 3.04. The van der Waals surface area contributed by atoms with Gasteiger partial charge in [0.2, 0.25) is 0 Å². The van der Waals surface area contributed by atoms with E-state index >= 15 is 0 Å². The number of aromatic nitrogens is 2. The van der Waals surface area contributed by atoms with Crippen molar-refractivity contribution < 1.29 is 0 Å². The molecule has 104 valence electrons. The van der Waals surface area contributed by atoms with Crippen molar-refractivity contribution in [3.63, 3.8) is 0 Å². The molecule has 0 aliphatic carbocycles. The van der Waals surface area contributed by atoms with Crippen LogP contribution in [0.1, 0.15) is 39.5 Å². The standard InChI is InChI=1S/C17H21N3/c1-11-6-12(2)8-14(7-11)9-17-19-13(3)15-4-5-18-10-16(15)20-17/h6-8,18H,4-5,9-10H2,1-3H3. The van der Waals surface area contributed by atoms with E-state index in [0.29, 0.717) is 0 Å². The van der Waals surface area contributed by atoms with E-state index in [4.69, 9.17) is 9.97 Å². The Balaban J connectivity index is 1.92. The van der Waals surface area contributed by atoms with Crippen LogP contribution < -0.4 is 5.32 Å². The van der Waals surface area contributed by atoms with E-state index in [1.807, 2.05) is 0 Å². The lowest BCUT2D eigenvalue weighted by Gasteiger charge is -2.18. The Morgan fingerprint density at radius 2 is 1.80 bits per heavy atom. The van der Waals surface area contributed by atoms with Crippen LogP contribution in [0.4, 0.5) is 0 Å². The number of hydrogen-bond donors (Lipinski definition) is 1. The van der Waals surface area contributed by atoms with Crippen LogP contribution in [0, 0.1) is 20.8 Å². The van der Waals surface area contributed by atoms with Gasteiger partial charge >= 0.3 is 0 Å². The summed E-state index contributed by atoms with van der Waals surface area (Å²) in [5.41, 5.74) is 7.57. The molecular formula is C17H21N3. The Bertz CT molecular complexity index is 627. The van der Waals surface area contributed by atoms with E-state index in [1.54, 1.807) is 0 Å². The first-order chi connectivity index (χ1) is 9.61. The van der Waals surface area contributed by atoms with Crippen molar-refractivity contribution in [3.8, 4) is 0 Å². The van der Waals surface area contributed by atoms with Gasteiger partial charge in [0.1, 0.15) is 5.82 Å². The van der Waals surface area contributed by atoms with Crippen LogP contribution in [0.5, 0.6) is 0 Å². The van der Waals surface area contributed by atoms with Gasteiger partial charge in [0.25, 0.3) is 0 Å². The summed E-state index contributed by atoms with van der Waals surface area (Å²) in [6.07, 6.45) is 1.86. The van der Waals surface area contributed by atoms with Crippen molar-refractivity contribution in [3.05, 3.63) is 57.7 Å². The van der Waals surface area contributed by atoms with E-state index in [-0.39, 0.29) is 0 Å². The normalized spacial score (nSPS) is 14.2. The molecule has 3 heteroatoms. The molecule has 1 aliphatic rings. The maximum absolute atomic E-state index is 4.76. The van der Waals surface area contributed by atoms with Gasteiger partial charge in [0, 0.05) is 18.7 Å². The molecule has 0 amide bonds. The highest BCUT2D eigenvalue weighted by Crippen LogP contribution is 2.17. The van der Waals surface area contributed by atoms with Gasteiger partial charge in [-0.25, -0.2) is 9.97 Å². The molecule has 0 saturated carbocycles. The van der Waals surface area contributed by atoms with Crippen LogP contribution in [0.2, 0.25) is 0 Å². The summed E-state index contributed by atoms with van der Waals surface area (Å²) in [4.78, 5) is 9.46. The molecule has 0 unspecified atom stereocenters. The topological polar surface area (TPSA) is 37.8 Å². The fourth-order valence-corrected chi connectivity index (χ4v) is 3.04. The molecule has 0 radical (unpaired) electrons. The van der Waals surface area contributed by atoms with E-state index in [0.717, 1.165) is 37.4 Å². The largest absolute Gasteiger partial charge is 0.311 e. The summed E-state index contributed by atoms with van der Waals surface area (Å²) in [5, 5.41) is 3.39. The second-order valence-corrected chi connectivity index (χ2v) is 5.75. The Morgan fingerprint density at radius 1 is 1.05 bits per heavy atom. The molecule has 2 aromatic rings. The van der Waals surface area contributed by atoms with E-state index in [9.17, 15) is 0 Å². The van der Waals surface area contributed by atoms with Gasteiger partial charge < -0.3 is 5.32 Å². The minimum absolute atomic E-state index is 0.816. The van der Waals surface area contributed by atoms with Crippen LogP contribution in [0.3, 0.4) is 0 Å². The van der Waals surface area contributed by atoms with E-state index in [1.165, 1.54) is 27.9 Å². The second kappa shape index (κ2) is 5.33. The van der Waals surface area contributed by atoms with Gasteiger partial charge in [-0.2, -0.15) is 0 Å². The zero-order valence-corrected chi connectivity index (χ0v) is 12.5. The molecule has 1 aliphatic heterocycles. The number of rotatable bonds is 2. The Kier molecular flexibility index (Phi) is 3.53. The number of nitrogens with zero attached hydrogens (tertiary/aromatic N) is 2. The maximum atomic E-state index is 4.76. The number of benzene rings is 1. The quantitative estimate of drug-likeness (QED) is 0.909. The SMILES string of the molecule is Cc1cc(C)cc(Cc2nc(C)c3c(n2)CNCC3)c1.